The second-order valence-corrected chi connectivity index (χ2v) is 6.35. The van der Waals surface area contributed by atoms with E-state index in [2.05, 4.69) is 10.5 Å². The van der Waals surface area contributed by atoms with Crippen LogP contribution in [0.2, 0.25) is 5.02 Å². The molecule has 1 heterocycles. The van der Waals surface area contributed by atoms with Crippen molar-refractivity contribution in [2.75, 3.05) is 13.2 Å². The molecule has 1 aromatic heterocycles. The molecule has 0 aliphatic heterocycles. The molecule has 0 bridgehead atoms. The highest BCUT2D eigenvalue weighted by molar-refractivity contribution is 6.30. The molecule has 27 heavy (non-hydrogen) atoms. The van der Waals surface area contributed by atoms with Gasteiger partial charge in [-0.05, 0) is 48.4 Å². The number of halogens is 2. The Hall–Kier alpha value is -2.70. The largest absolute Gasteiger partial charge is 0.365 e. The van der Waals surface area contributed by atoms with Crippen LogP contribution in [0.4, 0.5) is 4.39 Å². The molecule has 0 spiro atoms. The van der Waals surface area contributed by atoms with Gasteiger partial charge in [0.1, 0.15) is 18.1 Å². The molecule has 7 heteroatoms. The zero-order valence-corrected chi connectivity index (χ0v) is 15.2. The highest BCUT2D eigenvalue weighted by atomic mass is 35.5. The van der Waals surface area contributed by atoms with Crippen molar-refractivity contribution < 1.29 is 18.4 Å². The minimum Gasteiger partial charge on any atom is -0.365 e. The maximum atomic E-state index is 12.9. The van der Waals surface area contributed by atoms with Gasteiger partial charge in [-0.3, -0.25) is 4.79 Å². The molecule has 140 valence electrons. The van der Waals surface area contributed by atoms with Gasteiger partial charge in [-0.25, -0.2) is 4.39 Å². The minimum absolute atomic E-state index is 0.0701. The van der Waals surface area contributed by atoms with Crippen LogP contribution in [0.5, 0.6) is 0 Å². The van der Waals surface area contributed by atoms with Gasteiger partial charge in [0.05, 0.1) is 6.61 Å². The molecule has 3 aromatic rings. The van der Waals surface area contributed by atoms with Crippen molar-refractivity contribution in [2.45, 2.75) is 13.0 Å². The predicted octanol–water partition coefficient (Wildman–Crippen LogP) is 4.01. The number of amides is 1. The molecule has 1 N–H and O–H groups in total. The number of aromatic nitrogens is 1. The Morgan fingerprint density at radius 2 is 1.89 bits per heavy atom. The third kappa shape index (κ3) is 5.91. The summed E-state index contributed by atoms with van der Waals surface area (Å²) < 4.78 is 23.5. The van der Waals surface area contributed by atoms with E-state index in [0.29, 0.717) is 29.4 Å². The van der Waals surface area contributed by atoms with E-state index in [1.807, 2.05) is 24.3 Å². The lowest BCUT2D eigenvalue weighted by Gasteiger charge is -2.05. The van der Waals surface area contributed by atoms with Gasteiger partial charge in [-0.15, -0.1) is 0 Å². The van der Waals surface area contributed by atoms with Crippen molar-refractivity contribution >= 4 is 17.5 Å². The fourth-order valence-electron chi connectivity index (χ4n) is 2.43. The number of hydrogen-bond donors (Lipinski definition) is 1. The van der Waals surface area contributed by atoms with Crippen LogP contribution in [0.3, 0.4) is 0 Å². The Balaban J connectivity index is 1.37. The lowest BCUT2D eigenvalue weighted by Crippen LogP contribution is -2.29. The van der Waals surface area contributed by atoms with Crippen molar-refractivity contribution in [1.29, 1.82) is 0 Å². The van der Waals surface area contributed by atoms with Gasteiger partial charge >= 0.3 is 0 Å². The molecule has 0 saturated heterocycles. The van der Waals surface area contributed by atoms with Crippen molar-refractivity contribution in [1.82, 2.24) is 10.5 Å². The van der Waals surface area contributed by atoms with E-state index >= 15 is 0 Å². The van der Waals surface area contributed by atoms with E-state index in [4.69, 9.17) is 20.9 Å². The van der Waals surface area contributed by atoms with E-state index in [-0.39, 0.29) is 24.9 Å². The summed E-state index contributed by atoms with van der Waals surface area (Å²) >= 11 is 5.83. The first kappa shape index (κ1) is 19.1. The van der Waals surface area contributed by atoms with E-state index in [0.717, 1.165) is 11.1 Å². The van der Waals surface area contributed by atoms with Gasteiger partial charge < -0.3 is 14.6 Å². The van der Waals surface area contributed by atoms with Gasteiger partial charge in [0.25, 0.3) is 0 Å². The Morgan fingerprint density at radius 3 is 2.63 bits per heavy atom. The van der Waals surface area contributed by atoms with Crippen LogP contribution < -0.4 is 5.32 Å². The monoisotopic (exact) mass is 388 g/mol. The second-order valence-electron chi connectivity index (χ2n) is 5.91. The van der Waals surface area contributed by atoms with E-state index in [1.165, 1.54) is 12.1 Å². The molecule has 0 radical (unpaired) electrons. The van der Waals surface area contributed by atoms with Crippen LogP contribution in [-0.4, -0.2) is 24.2 Å². The summed E-state index contributed by atoms with van der Waals surface area (Å²) in [6.07, 6.45) is 0.716. The third-order valence-electron chi connectivity index (χ3n) is 3.82. The Kier molecular flexibility index (Phi) is 6.57. The number of ether oxygens (including phenoxy) is 1. The van der Waals surface area contributed by atoms with Crippen LogP contribution in [-0.2, 0) is 22.6 Å². The molecule has 1 amide bonds. The number of nitrogens with one attached hydrogen (secondary N) is 1. The van der Waals surface area contributed by atoms with Crippen LogP contribution in [0.1, 0.15) is 11.3 Å². The number of rotatable bonds is 8. The molecular formula is C20H18ClFN2O3. The topological polar surface area (TPSA) is 64.4 Å². The minimum atomic E-state index is -0.316. The highest BCUT2D eigenvalue weighted by Crippen LogP contribution is 2.20. The molecule has 0 fully saturated rings. The van der Waals surface area contributed by atoms with E-state index in [9.17, 15) is 9.18 Å². The standard InChI is InChI=1S/C20H18ClFN2O3/c21-16-5-1-14(2-6-16)9-10-23-20(25)13-26-12-18-11-19(27-24-18)15-3-7-17(22)8-4-15/h1-8,11H,9-10,12-13H2,(H,23,25). The molecule has 0 aliphatic rings. The number of benzene rings is 2. The Bertz CT molecular complexity index is 879. The van der Waals surface area contributed by atoms with E-state index in [1.54, 1.807) is 18.2 Å². The maximum absolute atomic E-state index is 12.9. The van der Waals surface area contributed by atoms with Crippen molar-refractivity contribution in [3.8, 4) is 11.3 Å². The second kappa shape index (κ2) is 9.30. The normalized spacial score (nSPS) is 10.7. The number of hydrogen-bond acceptors (Lipinski definition) is 4. The maximum Gasteiger partial charge on any atom is 0.246 e. The average molecular weight is 389 g/mol. The molecule has 2 aromatic carbocycles. The van der Waals surface area contributed by atoms with Crippen molar-refractivity contribution in [3.63, 3.8) is 0 Å². The molecule has 0 aliphatic carbocycles. The molecule has 3 rings (SSSR count). The van der Waals surface area contributed by atoms with Crippen LogP contribution in [0.25, 0.3) is 11.3 Å². The average Bonchev–Trinajstić information content (AvgIpc) is 3.13. The smallest absolute Gasteiger partial charge is 0.246 e. The zero-order valence-electron chi connectivity index (χ0n) is 14.5. The fourth-order valence-corrected chi connectivity index (χ4v) is 2.55. The van der Waals surface area contributed by atoms with Crippen LogP contribution in [0, 0.1) is 5.82 Å². The molecule has 0 saturated carbocycles. The third-order valence-corrected chi connectivity index (χ3v) is 4.07. The summed E-state index contributed by atoms with van der Waals surface area (Å²) in [6.45, 7) is 0.594. The summed E-state index contributed by atoms with van der Waals surface area (Å²) in [5, 5.41) is 7.36. The first-order valence-electron chi connectivity index (χ1n) is 8.40. The molecule has 0 atom stereocenters. The molecule has 5 nitrogen and oxygen atoms in total. The highest BCUT2D eigenvalue weighted by Gasteiger charge is 2.08. The van der Waals surface area contributed by atoms with Gasteiger partial charge in [0.2, 0.25) is 5.91 Å². The Morgan fingerprint density at radius 1 is 1.15 bits per heavy atom. The zero-order chi connectivity index (χ0) is 19.1. The summed E-state index contributed by atoms with van der Waals surface area (Å²) in [7, 11) is 0. The lowest BCUT2D eigenvalue weighted by atomic mass is 10.1. The van der Waals surface area contributed by atoms with Crippen LogP contribution >= 0.6 is 11.6 Å². The SMILES string of the molecule is O=C(COCc1cc(-c2ccc(F)cc2)on1)NCCc1ccc(Cl)cc1. The van der Waals surface area contributed by atoms with Crippen molar-refractivity contribution in [2.24, 2.45) is 0 Å². The molecular weight excluding hydrogens is 371 g/mol. The Labute approximate surface area is 161 Å². The van der Waals surface area contributed by atoms with E-state index < -0.39 is 0 Å². The number of carbonyl (C=O) groups excluding carboxylic acids is 1. The summed E-state index contributed by atoms with van der Waals surface area (Å²) in [5.74, 6) is -0.00358. The van der Waals surface area contributed by atoms with Gasteiger partial charge in [0, 0.05) is 23.2 Å². The quantitative estimate of drug-likeness (QED) is 0.633. The first-order chi connectivity index (χ1) is 13.1. The van der Waals surface area contributed by atoms with Crippen molar-refractivity contribution in [3.05, 3.63) is 76.7 Å². The van der Waals surface area contributed by atoms with Gasteiger partial charge in [-0.1, -0.05) is 28.9 Å². The molecule has 0 unspecified atom stereocenters. The lowest BCUT2D eigenvalue weighted by molar-refractivity contribution is -0.126. The fraction of sp³-hybridized carbons (Fsp3) is 0.200. The van der Waals surface area contributed by atoms with Gasteiger partial charge in [0.15, 0.2) is 5.76 Å². The van der Waals surface area contributed by atoms with Crippen LogP contribution in [0.15, 0.2) is 59.1 Å². The summed E-state index contributed by atoms with van der Waals surface area (Å²) in [4.78, 5) is 11.8. The number of carbonyl (C=O) groups is 1. The summed E-state index contributed by atoms with van der Waals surface area (Å²) in [5.41, 5.74) is 2.37. The first-order valence-corrected chi connectivity index (χ1v) is 8.78. The summed E-state index contributed by atoms with van der Waals surface area (Å²) in [6, 6.07) is 15.1. The van der Waals surface area contributed by atoms with Gasteiger partial charge in [-0.2, -0.15) is 0 Å². The number of nitrogens with zero attached hydrogens (tertiary/aromatic N) is 1. The predicted molar refractivity (Wildman–Crippen MR) is 99.7 cm³/mol.